The summed E-state index contributed by atoms with van der Waals surface area (Å²) in [5.41, 5.74) is 4.36. The second-order valence-corrected chi connectivity index (χ2v) is 8.89. The van der Waals surface area contributed by atoms with Crippen molar-refractivity contribution in [1.82, 2.24) is 4.57 Å². The van der Waals surface area contributed by atoms with Crippen molar-refractivity contribution in [3.63, 3.8) is 0 Å². The van der Waals surface area contributed by atoms with E-state index in [1.165, 1.54) is 22.3 Å². The Bertz CT molecular complexity index is 1440. The number of benzene rings is 3. The molecule has 3 aromatic carbocycles. The van der Waals surface area contributed by atoms with Gasteiger partial charge in [0.15, 0.2) is 5.58 Å². The first-order valence-electron chi connectivity index (χ1n) is 9.51. The van der Waals surface area contributed by atoms with Crippen molar-refractivity contribution in [3.8, 4) is 0 Å². The van der Waals surface area contributed by atoms with Crippen molar-refractivity contribution in [2.75, 3.05) is 16.2 Å². The SMILES string of the molecule is Cn1c(=O)oc2cc(S(=O)(=O)Nc3ccccc3N3CCc4ccccc43)ccc21. The predicted octanol–water partition coefficient (Wildman–Crippen LogP) is 3.63. The molecule has 8 heteroatoms. The van der Waals surface area contributed by atoms with Crippen LogP contribution in [0.2, 0.25) is 0 Å². The van der Waals surface area contributed by atoms with Gasteiger partial charge in [0.25, 0.3) is 10.0 Å². The molecule has 0 fully saturated rings. The number of rotatable bonds is 4. The largest absolute Gasteiger partial charge is 0.419 e. The highest BCUT2D eigenvalue weighted by atomic mass is 32.2. The maximum atomic E-state index is 13.1. The second kappa shape index (κ2) is 6.77. The molecule has 4 aromatic rings. The zero-order valence-electron chi connectivity index (χ0n) is 16.2. The van der Waals surface area contributed by atoms with Crippen LogP contribution >= 0.6 is 0 Å². The van der Waals surface area contributed by atoms with Crippen LogP contribution in [0.4, 0.5) is 17.1 Å². The first-order valence-corrected chi connectivity index (χ1v) is 11.0. The molecule has 30 heavy (non-hydrogen) atoms. The van der Waals surface area contributed by atoms with E-state index in [2.05, 4.69) is 15.7 Å². The third kappa shape index (κ3) is 2.96. The number of anilines is 3. The van der Waals surface area contributed by atoms with Gasteiger partial charge >= 0.3 is 5.76 Å². The summed E-state index contributed by atoms with van der Waals surface area (Å²) in [6.07, 6.45) is 0.904. The average Bonchev–Trinajstić information content (AvgIpc) is 3.29. The van der Waals surface area contributed by atoms with Crippen molar-refractivity contribution in [2.24, 2.45) is 7.05 Å². The molecule has 0 saturated heterocycles. The summed E-state index contributed by atoms with van der Waals surface area (Å²) in [6.45, 7) is 0.777. The van der Waals surface area contributed by atoms with Crippen LogP contribution in [0.15, 0.2) is 80.8 Å². The molecule has 0 saturated carbocycles. The molecule has 0 amide bonds. The Morgan fingerprint density at radius 2 is 1.70 bits per heavy atom. The third-order valence-corrected chi connectivity index (χ3v) is 6.76. The van der Waals surface area contributed by atoms with Crippen molar-refractivity contribution < 1.29 is 12.8 Å². The van der Waals surface area contributed by atoms with Crippen LogP contribution in [0, 0.1) is 0 Å². The van der Waals surface area contributed by atoms with E-state index in [1.807, 2.05) is 30.3 Å². The van der Waals surface area contributed by atoms with Gasteiger partial charge in [0.2, 0.25) is 0 Å². The fourth-order valence-electron chi connectivity index (χ4n) is 3.87. The van der Waals surface area contributed by atoms with Gasteiger partial charge in [-0.3, -0.25) is 9.29 Å². The van der Waals surface area contributed by atoms with Gasteiger partial charge in [0.1, 0.15) is 0 Å². The number of aromatic nitrogens is 1. The first-order chi connectivity index (χ1) is 14.4. The molecular weight excluding hydrogens is 402 g/mol. The van der Waals surface area contributed by atoms with Crippen molar-refractivity contribution >= 4 is 38.2 Å². The number of oxazole rings is 1. The number of fused-ring (bicyclic) bond motifs is 2. The molecule has 5 rings (SSSR count). The van der Waals surface area contributed by atoms with Crippen LogP contribution in [0.5, 0.6) is 0 Å². The Morgan fingerprint density at radius 1 is 0.967 bits per heavy atom. The van der Waals surface area contributed by atoms with Gasteiger partial charge in [-0.15, -0.1) is 0 Å². The number of aryl methyl sites for hydroxylation is 1. The molecule has 2 heterocycles. The van der Waals surface area contributed by atoms with Crippen LogP contribution < -0.4 is 15.4 Å². The lowest BCUT2D eigenvalue weighted by Crippen LogP contribution is -2.18. The monoisotopic (exact) mass is 421 g/mol. The van der Waals surface area contributed by atoms with Gasteiger partial charge in [-0.1, -0.05) is 30.3 Å². The Labute approximate surface area is 173 Å². The Kier molecular flexibility index (Phi) is 4.18. The molecule has 152 valence electrons. The summed E-state index contributed by atoms with van der Waals surface area (Å²) in [4.78, 5) is 13.9. The average molecular weight is 421 g/mol. The number of hydrogen-bond donors (Lipinski definition) is 1. The summed E-state index contributed by atoms with van der Waals surface area (Å²) in [7, 11) is -2.31. The van der Waals surface area contributed by atoms with E-state index in [1.54, 1.807) is 25.2 Å². The molecule has 0 atom stereocenters. The van der Waals surface area contributed by atoms with Gasteiger partial charge in [-0.25, -0.2) is 13.2 Å². The van der Waals surface area contributed by atoms with Gasteiger partial charge in [-0.05, 0) is 42.3 Å². The Morgan fingerprint density at radius 3 is 2.53 bits per heavy atom. The fraction of sp³-hybridized carbons (Fsp3) is 0.136. The number of hydrogen-bond acceptors (Lipinski definition) is 5. The third-order valence-electron chi connectivity index (χ3n) is 5.40. The Balaban J connectivity index is 1.53. The number of para-hydroxylation sites is 3. The normalized spacial score (nSPS) is 13.6. The van der Waals surface area contributed by atoms with Gasteiger partial charge in [-0.2, -0.15) is 0 Å². The summed E-state index contributed by atoms with van der Waals surface area (Å²) in [5, 5.41) is 0. The fourth-order valence-corrected chi connectivity index (χ4v) is 4.96. The quantitative estimate of drug-likeness (QED) is 0.544. The van der Waals surface area contributed by atoms with E-state index in [0.717, 1.165) is 24.3 Å². The molecule has 7 nitrogen and oxygen atoms in total. The van der Waals surface area contributed by atoms with Crippen LogP contribution in [0.3, 0.4) is 0 Å². The molecule has 0 spiro atoms. The standard InChI is InChI=1S/C22H19N3O4S/c1-24-20-11-10-16(14-21(20)29-22(24)26)30(27,28)23-17-7-3-5-9-19(17)25-13-12-15-6-2-4-8-18(15)25/h2-11,14,23H,12-13H2,1H3. The van der Waals surface area contributed by atoms with Gasteiger partial charge in [0.05, 0.1) is 21.8 Å². The molecule has 1 aliphatic heterocycles. The smallest absolute Gasteiger partial charge is 0.408 e. The summed E-state index contributed by atoms with van der Waals surface area (Å²) in [5.74, 6) is -0.537. The minimum atomic E-state index is -3.89. The molecule has 0 aliphatic carbocycles. The second-order valence-electron chi connectivity index (χ2n) is 7.21. The molecule has 0 bridgehead atoms. The van der Waals surface area contributed by atoms with Gasteiger partial charge < -0.3 is 9.32 Å². The number of nitrogens with one attached hydrogen (secondary N) is 1. The van der Waals surface area contributed by atoms with Crippen LogP contribution in [0.25, 0.3) is 11.1 Å². The maximum absolute atomic E-state index is 13.1. The van der Waals surface area contributed by atoms with E-state index >= 15 is 0 Å². The zero-order chi connectivity index (χ0) is 20.9. The molecule has 1 N–H and O–H groups in total. The molecule has 1 aliphatic rings. The Hall–Kier alpha value is -3.52. The molecule has 0 unspecified atom stereocenters. The van der Waals surface area contributed by atoms with E-state index in [-0.39, 0.29) is 10.5 Å². The summed E-state index contributed by atoms with van der Waals surface area (Å²) >= 11 is 0. The highest BCUT2D eigenvalue weighted by Crippen LogP contribution is 2.38. The van der Waals surface area contributed by atoms with Crippen molar-refractivity contribution in [2.45, 2.75) is 11.3 Å². The predicted molar refractivity (Wildman–Crippen MR) is 116 cm³/mol. The molecular formula is C22H19N3O4S. The van der Waals surface area contributed by atoms with Crippen LogP contribution in [0.1, 0.15) is 5.56 Å². The zero-order valence-corrected chi connectivity index (χ0v) is 17.0. The van der Waals surface area contributed by atoms with Gasteiger partial charge in [0, 0.05) is 25.3 Å². The lowest BCUT2D eigenvalue weighted by Gasteiger charge is -2.23. The van der Waals surface area contributed by atoms with Crippen molar-refractivity contribution in [1.29, 1.82) is 0 Å². The summed E-state index contributed by atoms with van der Waals surface area (Å²) in [6, 6.07) is 19.8. The van der Waals surface area contributed by atoms with E-state index in [9.17, 15) is 13.2 Å². The first kappa shape index (κ1) is 18.5. The highest BCUT2D eigenvalue weighted by molar-refractivity contribution is 7.92. The number of nitrogens with zero attached hydrogens (tertiary/aromatic N) is 2. The topological polar surface area (TPSA) is 84.5 Å². The van der Waals surface area contributed by atoms with Crippen LogP contribution in [-0.4, -0.2) is 19.5 Å². The lowest BCUT2D eigenvalue weighted by molar-refractivity contribution is 0.527. The van der Waals surface area contributed by atoms with E-state index in [4.69, 9.17) is 4.42 Å². The minimum Gasteiger partial charge on any atom is -0.408 e. The molecule has 1 aromatic heterocycles. The highest BCUT2D eigenvalue weighted by Gasteiger charge is 2.24. The van der Waals surface area contributed by atoms with E-state index < -0.39 is 15.8 Å². The summed E-state index contributed by atoms with van der Waals surface area (Å²) < 4.78 is 35.4. The number of sulfonamides is 1. The molecule has 0 radical (unpaired) electrons. The lowest BCUT2D eigenvalue weighted by atomic mass is 10.2. The van der Waals surface area contributed by atoms with E-state index in [0.29, 0.717) is 11.2 Å². The van der Waals surface area contributed by atoms with Crippen LogP contribution in [-0.2, 0) is 23.5 Å². The van der Waals surface area contributed by atoms with Crippen molar-refractivity contribution in [3.05, 3.63) is 82.8 Å². The minimum absolute atomic E-state index is 0.0287. The maximum Gasteiger partial charge on any atom is 0.419 e.